The number of benzene rings is 3. The molecule has 2 amide bonds. The molecule has 1 atom stereocenters. The number of amides is 2. The summed E-state index contributed by atoms with van der Waals surface area (Å²) in [5, 5.41) is 2.90. The van der Waals surface area contributed by atoms with Gasteiger partial charge in [-0.25, -0.2) is 8.42 Å². The van der Waals surface area contributed by atoms with Crippen molar-refractivity contribution >= 4 is 21.8 Å². The standard InChI is InChI=1S/C28H33N3O4S/c1-22-14-16-24(17-15-22)18-29-28(33)23(2)31(20-26-12-8-5-9-13-26)27(32)21-30(36(3,34)35)19-25-10-6-4-7-11-25/h4-17,23H,18-21H2,1-3H3,(H,29,33). The minimum atomic E-state index is -3.68. The molecular weight excluding hydrogens is 474 g/mol. The Labute approximate surface area is 213 Å². The maximum Gasteiger partial charge on any atom is 0.242 e. The largest absolute Gasteiger partial charge is 0.350 e. The summed E-state index contributed by atoms with van der Waals surface area (Å²) in [5.41, 5.74) is 3.70. The molecule has 1 N–H and O–H groups in total. The van der Waals surface area contributed by atoms with Crippen LogP contribution >= 0.6 is 0 Å². The Morgan fingerprint density at radius 1 is 0.806 bits per heavy atom. The number of hydrogen-bond acceptors (Lipinski definition) is 4. The van der Waals surface area contributed by atoms with Crippen molar-refractivity contribution in [3.8, 4) is 0 Å². The third-order valence-corrected chi connectivity index (χ3v) is 7.13. The van der Waals surface area contributed by atoms with Crippen LogP contribution in [-0.2, 0) is 39.2 Å². The number of carbonyl (C=O) groups is 2. The summed E-state index contributed by atoms with van der Waals surface area (Å²) in [5.74, 6) is -0.757. The molecule has 3 rings (SSSR count). The number of rotatable bonds is 11. The number of sulfonamides is 1. The van der Waals surface area contributed by atoms with Gasteiger partial charge in [0.25, 0.3) is 0 Å². The first kappa shape index (κ1) is 27.1. The molecule has 0 aliphatic heterocycles. The first-order valence-electron chi connectivity index (χ1n) is 11.8. The zero-order valence-corrected chi connectivity index (χ0v) is 21.7. The quantitative estimate of drug-likeness (QED) is 0.431. The molecule has 0 spiro atoms. The first-order valence-corrected chi connectivity index (χ1v) is 13.6. The molecule has 0 heterocycles. The molecule has 3 aromatic rings. The third-order valence-electron chi connectivity index (χ3n) is 5.93. The van der Waals surface area contributed by atoms with Crippen LogP contribution in [0.15, 0.2) is 84.9 Å². The summed E-state index contributed by atoms with van der Waals surface area (Å²) < 4.78 is 26.2. The molecule has 0 aliphatic carbocycles. The van der Waals surface area contributed by atoms with E-state index < -0.39 is 22.0 Å². The highest BCUT2D eigenvalue weighted by Crippen LogP contribution is 2.14. The molecule has 7 nitrogen and oxygen atoms in total. The number of aryl methyl sites for hydroxylation is 1. The molecule has 1 unspecified atom stereocenters. The summed E-state index contributed by atoms with van der Waals surface area (Å²) in [6.45, 7) is 3.87. The van der Waals surface area contributed by atoms with Gasteiger partial charge in [0.05, 0.1) is 12.8 Å². The summed E-state index contributed by atoms with van der Waals surface area (Å²) in [6.07, 6.45) is 1.09. The highest BCUT2D eigenvalue weighted by Gasteiger charge is 2.29. The van der Waals surface area contributed by atoms with E-state index in [0.717, 1.165) is 32.8 Å². The molecule has 8 heteroatoms. The van der Waals surface area contributed by atoms with Gasteiger partial charge in [-0.05, 0) is 30.5 Å². The Bertz CT molecular complexity index is 1250. The Kier molecular flexibility index (Phi) is 9.38. The molecule has 0 aromatic heterocycles. The van der Waals surface area contributed by atoms with Crippen LogP contribution in [0.3, 0.4) is 0 Å². The molecule has 0 saturated heterocycles. The molecule has 0 bridgehead atoms. The van der Waals surface area contributed by atoms with Gasteiger partial charge in [0.2, 0.25) is 21.8 Å². The lowest BCUT2D eigenvalue weighted by Crippen LogP contribution is -2.50. The summed E-state index contributed by atoms with van der Waals surface area (Å²) in [7, 11) is -3.68. The molecule has 36 heavy (non-hydrogen) atoms. The lowest BCUT2D eigenvalue weighted by atomic mass is 10.1. The van der Waals surface area contributed by atoms with E-state index in [0.29, 0.717) is 6.54 Å². The topological polar surface area (TPSA) is 86.8 Å². The van der Waals surface area contributed by atoms with E-state index >= 15 is 0 Å². The zero-order valence-electron chi connectivity index (χ0n) is 20.9. The van der Waals surface area contributed by atoms with E-state index in [1.807, 2.05) is 91.9 Å². The monoisotopic (exact) mass is 507 g/mol. The normalized spacial score (nSPS) is 12.2. The van der Waals surface area contributed by atoms with Crippen molar-refractivity contribution in [1.82, 2.24) is 14.5 Å². The van der Waals surface area contributed by atoms with Crippen molar-refractivity contribution in [2.45, 2.75) is 39.5 Å². The van der Waals surface area contributed by atoms with Crippen molar-refractivity contribution in [3.63, 3.8) is 0 Å². The van der Waals surface area contributed by atoms with Gasteiger partial charge < -0.3 is 10.2 Å². The SMILES string of the molecule is Cc1ccc(CNC(=O)C(C)N(Cc2ccccc2)C(=O)CN(Cc2ccccc2)S(C)(=O)=O)cc1. The predicted molar refractivity (Wildman–Crippen MR) is 141 cm³/mol. The van der Waals surface area contributed by atoms with Crippen LogP contribution < -0.4 is 5.32 Å². The first-order chi connectivity index (χ1) is 17.1. The molecule has 0 aliphatic rings. The molecule has 3 aromatic carbocycles. The van der Waals surface area contributed by atoms with Crippen molar-refractivity contribution in [2.24, 2.45) is 0 Å². The highest BCUT2D eigenvalue weighted by molar-refractivity contribution is 7.88. The van der Waals surface area contributed by atoms with E-state index in [2.05, 4.69) is 5.32 Å². The van der Waals surface area contributed by atoms with Crippen molar-refractivity contribution in [1.29, 1.82) is 0 Å². The summed E-state index contributed by atoms with van der Waals surface area (Å²) >= 11 is 0. The van der Waals surface area contributed by atoms with E-state index in [-0.39, 0.29) is 25.5 Å². The molecule has 0 saturated carbocycles. The molecule has 190 valence electrons. The molecule has 0 radical (unpaired) electrons. The van der Waals surface area contributed by atoms with Crippen LogP contribution in [0.2, 0.25) is 0 Å². The predicted octanol–water partition coefficient (Wildman–Crippen LogP) is 3.49. The van der Waals surface area contributed by atoms with Gasteiger partial charge in [-0.3, -0.25) is 9.59 Å². The second kappa shape index (κ2) is 12.5. The van der Waals surface area contributed by atoms with Gasteiger partial charge in [0, 0.05) is 19.6 Å². The minimum Gasteiger partial charge on any atom is -0.350 e. The van der Waals surface area contributed by atoms with Gasteiger partial charge in [0.1, 0.15) is 6.04 Å². The van der Waals surface area contributed by atoms with Crippen LogP contribution in [0.1, 0.15) is 29.2 Å². The number of nitrogens with zero attached hydrogens (tertiary/aromatic N) is 2. The molecule has 0 fully saturated rings. The summed E-state index contributed by atoms with van der Waals surface area (Å²) in [4.78, 5) is 28.0. The van der Waals surface area contributed by atoms with Crippen molar-refractivity contribution in [3.05, 3.63) is 107 Å². The third kappa shape index (κ3) is 8.03. The Morgan fingerprint density at radius 2 is 1.33 bits per heavy atom. The fraction of sp³-hybridized carbons (Fsp3) is 0.286. The van der Waals surface area contributed by atoms with Crippen LogP contribution in [0, 0.1) is 6.92 Å². The summed E-state index contributed by atoms with van der Waals surface area (Å²) in [6, 6.07) is 25.5. The van der Waals surface area contributed by atoms with Crippen LogP contribution in [0.4, 0.5) is 0 Å². The smallest absolute Gasteiger partial charge is 0.242 e. The van der Waals surface area contributed by atoms with E-state index in [9.17, 15) is 18.0 Å². The van der Waals surface area contributed by atoms with E-state index in [4.69, 9.17) is 0 Å². The van der Waals surface area contributed by atoms with Gasteiger partial charge in [-0.1, -0.05) is 90.5 Å². The average Bonchev–Trinajstić information content (AvgIpc) is 2.86. The van der Waals surface area contributed by atoms with Crippen molar-refractivity contribution < 1.29 is 18.0 Å². The maximum atomic E-state index is 13.5. The Balaban J connectivity index is 1.78. The van der Waals surface area contributed by atoms with Crippen LogP contribution in [0.25, 0.3) is 0 Å². The number of carbonyl (C=O) groups excluding carboxylic acids is 2. The maximum absolute atomic E-state index is 13.5. The fourth-order valence-electron chi connectivity index (χ4n) is 3.72. The van der Waals surface area contributed by atoms with Gasteiger partial charge in [-0.2, -0.15) is 4.31 Å². The van der Waals surface area contributed by atoms with E-state index in [1.165, 1.54) is 4.90 Å². The van der Waals surface area contributed by atoms with Crippen LogP contribution in [-0.4, -0.2) is 48.3 Å². The second-order valence-electron chi connectivity index (χ2n) is 8.90. The van der Waals surface area contributed by atoms with Gasteiger partial charge in [0.15, 0.2) is 0 Å². The van der Waals surface area contributed by atoms with Crippen molar-refractivity contribution in [2.75, 3.05) is 12.8 Å². The Morgan fingerprint density at radius 3 is 1.86 bits per heavy atom. The van der Waals surface area contributed by atoms with E-state index in [1.54, 1.807) is 6.92 Å². The average molecular weight is 508 g/mol. The van der Waals surface area contributed by atoms with Crippen LogP contribution in [0.5, 0.6) is 0 Å². The Hall–Kier alpha value is -3.49. The zero-order chi connectivity index (χ0) is 26.1. The lowest BCUT2D eigenvalue weighted by Gasteiger charge is -2.31. The number of hydrogen-bond donors (Lipinski definition) is 1. The lowest BCUT2D eigenvalue weighted by molar-refractivity contribution is -0.140. The number of nitrogens with one attached hydrogen (secondary N) is 1. The second-order valence-corrected chi connectivity index (χ2v) is 10.9. The van der Waals surface area contributed by atoms with Gasteiger partial charge >= 0.3 is 0 Å². The highest BCUT2D eigenvalue weighted by atomic mass is 32.2. The fourth-order valence-corrected chi connectivity index (χ4v) is 4.45. The van der Waals surface area contributed by atoms with Gasteiger partial charge in [-0.15, -0.1) is 0 Å². The minimum absolute atomic E-state index is 0.0680. The molecular formula is C28H33N3O4S.